The molecule has 0 heterocycles. The van der Waals surface area contributed by atoms with E-state index in [0.717, 1.165) is 11.8 Å². The van der Waals surface area contributed by atoms with Crippen LogP contribution >= 0.6 is 11.6 Å². The molecule has 108 valence electrons. The minimum atomic E-state index is -1.04. The van der Waals surface area contributed by atoms with Gasteiger partial charge >= 0.3 is 5.97 Å². The number of carboxylic acids is 1. The summed E-state index contributed by atoms with van der Waals surface area (Å²) in [6.07, 6.45) is 2.49. The molecule has 0 bridgehead atoms. The molecule has 0 spiro atoms. The monoisotopic (exact) mass is 296 g/mol. The van der Waals surface area contributed by atoms with E-state index in [-0.39, 0.29) is 12.5 Å². The van der Waals surface area contributed by atoms with Crippen molar-refractivity contribution in [3.8, 4) is 0 Å². The van der Waals surface area contributed by atoms with Gasteiger partial charge in [0.05, 0.1) is 6.54 Å². The Morgan fingerprint density at radius 2 is 2.15 bits per heavy atom. The first-order chi connectivity index (χ1) is 9.43. The van der Waals surface area contributed by atoms with Crippen LogP contribution < -0.4 is 10.2 Å². The second kappa shape index (κ2) is 7.55. The zero-order chi connectivity index (χ0) is 15.1. The van der Waals surface area contributed by atoms with E-state index >= 15 is 0 Å². The summed E-state index contributed by atoms with van der Waals surface area (Å²) in [5.41, 5.74) is 1.38. The van der Waals surface area contributed by atoms with Gasteiger partial charge in [-0.2, -0.15) is 0 Å². The van der Waals surface area contributed by atoms with Gasteiger partial charge < -0.3 is 15.3 Å². The number of carboxylic acid groups (broad SMARTS) is 1. The Balaban J connectivity index is 2.98. The average Bonchev–Trinajstić information content (AvgIpc) is 2.36. The van der Waals surface area contributed by atoms with Gasteiger partial charge in [-0.15, -0.1) is 0 Å². The van der Waals surface area contributed by atoms with E-state index in [1.54, 1.807) is 30.1 Å². The lowest BCUT2D eigenvalue weighted by atomic mass is 10.1. The van der Waals surface area contributed by atoms with Crippen molar-refractivity contribution in [2.75, 3.05) is 25.0 Å². The maximum absolute atomic E-state index is 11.6. The van der Waals surface area contributed by atoms with Crippen molar-refractivity contribution in [1.82, 2.24) is 5.32 Å². The highest BCUT2D eigenvalue weighted by Gasteiger charge is 2.10. The molecule has 0 aliphatic heterocycles. The van der Waals surface area contributed by atoms with E-state index in [4.69, 9.17) is 16.7 Å². The molecule has 0 aliphatic carbocycles. The number of nitrogens with zero attached hydrogens (tertiary/aromatic N) is 1. The zero-order valence-corrected chi connectivity index (χ0v) is 12.1. The van der Waals surface area contributed by atoms with E-state index in [1.165, 1.54) is 6.08 Å². The van der Waals surface area contributed by atoms with Crippen LogP contribution in [-0.2, 0) is 9.59 Å². The first-order valence-electron chi connectivity index (χ1n) is 6.12. The molecule has 0 unspecified atom stereocenters. The number of nitrogens with one attached hydrogen (secondary N) is 1. The molecule has 0 fully saturated rings. The van der Waals surface area contributed by atoms with Crippen LogP contribution in [0.25, 0.3) is 6.08 Å². The minimum absolute atomic E-state index is 0.0990. The fraction of sp³-hybridized carbons (Fsp3) is 0.286. The predicted molar refractivity (Wildman–Crippen MR) is 80.1 cm³/mol. The first-order valence-corrected chi connectivity index (χ1v) is 6.50. The maximum atomic E-state index is 11.6. The summed E-state index contributed by atoms with van der Waals surface area (Å²) >= 11 is 5.91. The lowest BCUT2D eigenvalue weighted by Crippen LogP contribution is -2.35. The summed E-state index contributed by atoms with van der Waals surface area (Å²) < 4.78 is 0. The molecule has 0 atom stereocenters. The first kappa shape index (κ1) is 16.0. The van der Waals surface area contributed by atoms with Crippen LogP contribution in [0, 0.1) is 0 Å². The van der Waals surface area contributed by atoms with Crippen molar-refractivity contribution in [2.24, 2.45) is 0 Å². The van der Waals surface area contributed by atoms with Gasteiger partial charge in [-0.3, -0.25) is 4.79 Å². The number of likely N-dealkylation sites (N-methyl/N-ethyl adjacent to an activating group) is 2. The third-order valence-corrected chi connectivity index (χ3v) is 2.80. The van der Waals surface area contributed by atoms with Crippen molar-refractivity contribution >= 4 is 35.2 Å². The van der Waals surface area contributed by atoms with E-state index in [2.05, 4.69) is 5.32 Å². The summed E-state index contributed by atoms with van der Waals surface area (Å²) in [7, 11) is 1.76. The number of anilines is 1. The van der Waals surface area contributed by atoms with Crippen LogP contribution in [0.5, 0.6) is 0 Å². The molecule has 0 aromatic heterocycles. The van der Waals surface area contributed by atoms with Crippen LogP contribution in [0.2, 0.25) is 5.02 Å². The molecule has 0 saturated carbocycles. The molecule has 1 aromatic carbocycles. The summed E-state index contributed by atoms with van der Waals surface area (Å²) in [5, 5.41) is 11.9. The molecule has 2 N–H and O–H groups in total. The number of benzene rings is 1. The molecule has 1 aromatic rings. The number of aliphatic carboxylic acids is 1. The molecule has 0 aliphatic rings. The quantitative estimate of drug-likeness (QED) is 0.788. The van der Waals surface area contributed by atoms with Crippen molar-refractivity contribution in [3.05, 3.63) is 34.9 Å². The summed E-state index contributed by atoms with van der Waals surface area (Å²) in [6.45, 7) is 2.60. The van der Waals surface area contributed by atoms with Crippen LogP contribution in [0.15, 0.2) is 24.3 Å². The lowest BCUT2D eigenvalue weighted by molar-refractivity contribution is -0.131. The Morgan fingerprint density at radius 1 is 1.45 bits per heavy atom. The highest BCUT2D eigenvalue weighted by atomic mass is 35.5. The number of amides is 1. The number of hydrogen-bond donors (Lipinski definition) is 2. The Hall–Kier alpha value is -2.01. The van der Waals surface area contributed by atoms with Gasteiger partial charge in [-0.1, -0.05) is 11.6 Å². The average molecular weight is 297 g/mol. The molecule has 1 rings (SSSR count). The SMILES string of the molecule is CCNC(=O)CN(C)c1ccc(Cl)cc1/C=C/C(=O)O. The van der Waals surface area contributed by atoms with E-state index in [0.29, 0.717) is 17.1 Å². The van der Waals surface area contributed by atoms with Crippen LogP contribution in [0.4, 0.5) is 5.69 Å². The lowest BCUT2D eigenvalue weighted by Gasteiger charge is -2.21. The predicted octanol–water partition coefficient (Wildman–Crippen LogP) is 2.01. The van der Waals surface area contributed by atoms with Gasteiger partial charge in [-0.25, -0.2) is 4.79 Å². The van der Waals surface area contributed by atoms with E-state index < -0.39 is 5.97 Å². The van der Waals surface area contributed by atoms with Gasteiger partial charge in [0.2, 0.25) is 5.91 Å². The minimum Gasteiger partial charge on any atom is -0.478 e. The Labute approximate surface area is 122 Å². The zero-order valence-electron chi connectivity index (χ0n) is 11.4. The number of hydrogen-bond acceptors (Lipinski definition) is 3. The fourth-order valence-corrected chi connectivity index (χ4v) is 1.90. The molecule has 20 heavy (non-hydrogen) atoms. The number of rotatable bonds is 6. The smallest absolute Gasteiger partial charge is 0.328 e. The Kier molecular flexibility index (Phi) is 6.06. The van der Waals surface area contributed by atoms with Crippen LogP contribution in [-0.4, -0.2) is 37.1 Å². The van der Waals surface area contributed by atoms with E-state index in [1.807, 2.05) is 6.92 Å². The van der Waals surface area contributed by atoms with Gasteiger partial charge in [0.1, 0.15) is 0 Å². The third-order valence-electron chi connectivity index (χ3n) is 2.56. The molecule has 6 heteroatoms. The normalized spacial score (nSPS) is 10.6. The van der Waals surface area contributed by atoms with Crippen molar-refractivity contribution in [3.63, 3.8) is 0 Å². The second-order valence-corrected chi connectivity index (χ2v) is 4.62. The molecule has 1 amide bonds. The highest BCUT2D eigenvalue weighted by molar-refractivity contribution is 6.30. The van der Waals surface area contributed by atoms with Crippen LogP contribution in [0.1, 0.15) is 12.5 Å². The number of halogens is 1. The number of carbonyl (C=O) groups excluding carboxylic acids is 1. The van der Waals surface area contributed by atoms with Gasteiger partial charge in [0, 0.05) is 30.4 Å². The topological polar surface area (TPSA) is 69.6 Å². The van der Waals surface area contributed by atoms with Gasteiger partial charge in [0.15, 0.2) is 0 Å². The van der Waals surface area contributed by atoms with Crippen molar-refractivity contribution in [2.45, 2.75) is 6.92 Å². The Morgan fingerprint density at radius 3 is 2.75 bits per heavy atom. The standard InChI is InChI=1S/C14H17ClN2O3/c1-3-16-13(18)9-17(2)12-6-5-11(15)8-10(12)4-7-14(19)20/h4-8H,3,9H2,1-2H3,(H,16,18)(H,19,20)/b7-4+. The molecule has 5 nitrogen and oxygen atoms in total. The summed E-state index contributed by atoms with van der Waals surface area (Å²) in [4.78, 5) is 23.9. The summed E-state index contributed by atoms with van der Waals surface area (Å²) in [6, 6.07) is 5.11. The second-order valence-electron chi connectivity index (χ2n) is 4.18. The van der Waals surface area contributed by atoms with Crippen LogP contribution in [0.3, 0.4) is 0 Å². The molecular weight excluding hydrogens is 280 g/mol. The van der Waals surface area contributed by atoms with E-state index in [9.17, 15) is 9.59 Å². The number of carbonyl (C=O) groups is 2. The largest absolute Gasteiger partial charge is 0.478 e. The molecular formula is C14H17ClN2O3. The molecule has 0 radical (unpaired) electrons. The fourth-order valence-electron chi connectivity index (χ4n) is 1.72. The van der Waals surface area contributed by atoms with Crippen molar-refractivity contribution in [1.29, 1.82) is 0 Å². The third kappa shape index (κ3) is 4.93. The molecule has 0 saturated heterocycles. The van der Waals surface area contributed by atoms with Crippen molar-refractivity contribution < 1.29 is 14.7 Å². The van der Waals surface area contributed by atoms with Gasteiger partial charge in [-0.05, 0) is 36.8 Å². The Bertz CT molecular complexity index is 529. The maximum Gasteiger partial charge on any atom is 0.328 e. The summed E-state index contributed by atoms with van der Waals surface area (Å²) in [5.74, 6) is -1.14. The highest BCUT2D eigenvalue weighted by Crippen LogP contribution is 2.24. The van der Waals surface area contributed by atoms with Gasteiger partial charge in [0.25, 0.3) is 0 Å².